The second-order valence-corrected chi connectivity index (χ2v) is 3.06. The molecule has 0 aromatic carbocycles. The standard InChI is InChI=1S/C10H10N2O2/c1-7-5-8(10(13)14-2)12-4-3-11-9(12)6-7/h3-6H,1-2H3. The lowest BCUT2D eigenvalue weighted by Crippen LogP contribution is -2.07. The molecule has 2 aromatic heterocycles. The van der Waals surface area contributed by atoms with Crippen molar-refractivity contribution in [3.05, 3.63) is 35.8 Å². The van der Waals surface area contributed by atoms with Gasteiger partial charge in [-0.2, -0.15) is 0 Å². The molecule has 0 saturated heterocycles. The highest BCUT2D eigenvalue weighted by molar-refractivity contribution is 5.88. The van der Waals surface area contributed by atoms with Crippen molar-refractivity contribution in [1.29, 1.82) is 0 Å². The van der Waals surface area contributed by atoms with Crippen LogP contribution in [0.5, 0.6) is 0 Å². The molecule has 0 N–H and O–H groups in total. The maximum atomic E-state index is 11.4. The molecule has 0 radical (unpaired) electrons. The first kappa shape index (κ1) is 8.74. The summed E-state index contributed by atoms with van der Waals surface area (Å²) in [4.78, 5) is 15.5. The van der Waals surface area contributed by atoms with Gasteiger partial charge < -0.3 is 4.74 Å². The van der Waals surface area contributed by atoms with Crippen molar-refractivity contribution in [2.75, 3.05) is 7.11 Å². The highest BCUT2D eigenvalue weighted by Gasteiger charge is 2.10. The van der Waals surface area contributed by atoms with Crippen molar-refractivity contribution >= 4 is 11.6 Å². The molecule has 0 bridgehead atoms. The topological polar surface area (TPSA) is 43.6 Å². The molecule has 4 nitrogen and oxygen atoms in total. The van der Waals surface area contributed by atoms with Crippen LogP contribution in [0.15, 0.2) is 24.5 Å². The van der Waals surface area contributed by atoms with E-state index in [0.29, 0.717) is 5.69 Å². The summed E-state index contributed by atoms with van der Waals surface area (Å²) in [5.74, 6) is -0.350. The number of fused-ring (bicyclic) bond motifs is 1. The van der Waals surface area contributed by atoms with Gasteiger partial charge in [0.2, 0.25) is 0 Å². The van der Waals surface area contributed by atoms with E-state index in [-0.39, 0.29) is 5.97 Å². The molecule has 4 heteroatoms. The summed E-state index contributed by atoms with van der Waals surface area (Å²) in [7, 11) is 1.37. The van der Waals surface area contributed by atoms with Crippen molar-refractivity contribution in [3.63, 3.8) is 0 Å². The van der Waals surface area contributed by atoms with Gasteiger partial charge in [0.1, 0.15) is 11.3 Å². The second kappa shape index (κ2) is 3.14. The SMILES string of the molecule is COC(=O)c1cc(C)cc2nccn12. The number of methoxy groups -OCH3 is 1. The highest BCUT2D eigenvalue weighted by Crippen LogP contribution is 2.10. The maximum Gasteiger partial charge on any atom is 0.355 e. The van der Waals surface area contributed by atoms with E-state index >= 15 is 0 Å². The number of rotatable bonds is 1. The van der Waals surface area contributed by atoms with Crippen LogP contribution >= 0.6 is 0 Å². The number of hydrogen-bond acceptors (Lipinski definition) is 3. The molecule has 14 heavy (non-hydrogen) atoms. The zero-order chi connectivity index (χ0) is 10.1. The Morgan fingerprint density at radius 3 is 3.00 bits per heavy atom. The highest BCUT2D eigenvalue weighted by atomic mass is 16.5. The third kappa shape index (κ3) is 1.25. The van der Waals surface area contributed by atoms with Gasteiger partial charge in [0.15, 0.2) is 0 Å². The molecule has 0 unspecified atom stereocenters. The third-order valence-corrected chi connectivity index (χ3v) is 2.04. The number of aromatic nitrogens is 2. The Labute approximate surface area is 81.1 Å². The summed E-state index contributed by atoms with van der Waals surface area (Å²) >= 11 is 0. The molecule has 72 valence electrons. The minimum Gasteiger partial charge on any atom is -0.464 e. The molecule has 2 rings (SSSR count). The van der Waals surface area contributed by atoms with Gasteiger partial charge in [0.25, 0.3) is 0 Å². The molecule has 0 spiro atoms. The van der Waals surface area contributed by atoms with Gasteiger partial charge in [-0.25, -0.2) is 9.78 Å². The predicted octanol–water partition coefficient (Wildman–Crippen LogP) is 1.43. The minimum atomic E-state index is -0.350. The summed E-state index contributed by atoms with van der Waals surface area (Å²) in [6.45, 7) is 1.92. The number of imidazole rings is 1. The average molecular weight is 190 g/mol. The number of esters is 1. The average Bonchev–Trinajstić information content (AvgIpc) is 2.62. The molecule has 0 aliphatic carbocycles. The van der Waals surface area contributed by atoms with E-state index in [1.807, 2.05) is 13.0 Å². The van der Waals surface area contributed by atoms with Gasteiger partial charge in [-0.15, -0.1) is 0 Å². The first-order valence-electron chi connectivity index (χ1n) is 4.24. The molecule has 0 atom stereocenters. The van der Waals surface area contributed by atoms with Crippen LogP contribution in [0.25, 0.3) is 5.65 Å². The monoisotopic (exact) mass is 190 g/mol. The van der Waals surface area contributed by atoms with Crippen LogP contribution in [0.1, 0.15) is 16.1 Å². The molecule has 0 amide bonds. The molecular formula is C10H10N2O2. The van der Waals surface area contributed by atoms with Crippen molar-refractivity contribution < 1.29 is 9.53 Å². The number of nitrogens with zero attached hydrogens (tertiary/aromatic N) is 2. The number of carbonyl (C=O) groups excluding carboxylic acids is 1. The van der Waals surface area contributed by atoms with Gasteiger partial charge in [-0.1, -0.05) is 0 Å². The van der Waals surface area contributed by atoms with Crippen molar-refractivity contribution in [2.24, 2.45) is 0 Å². The number of ether oxygens (including phenoxy) is 1. The predicted molar refractivity (Wildman–Crippen MR) is 51.3 cm³/mol. The Kier molecular flexibility index (Phi) is 1.96. The fourth-order valence-corrected chi connectivity index (χ4v) is 1.42. The number of hydrogen-bond donors (Lipinski definition) is 0. The summed E-state index contributed by atoms with van der Waals surface area (Å²) in [5.41, 5.74) is 2.24. The first-order chi connectivity index (χ1) is 6.72. The van der Waals surface area contributed by atoms with Gasteiger partial charge in [-0.05, 0) is 24.6 Å². The zero-order valence-electron chi connectivity index (χ0n) is 8.02. The Hall–Kier alpha value is -1.84. The summed E-state index contributed by atoms with van der Waals surface area (Å²) in [5, 5.41) is 0. The minimum absolute atomic E-state index is 0.350. The van der Waals surface area contributed by atoms with Gasteiger partial charge >= 0.3 is 5.97 Å². The second-order valence-electron chi connectivity index (χ2n) is 3.06. The van der Waals surface area contributed by atoms with E-state index in [9.17, 15) is 4.79 Å². The zero-order valence-corrected chi connectivity index (χ0v) is 8.02. The lowest BCUT2D eigenvalue weighted by atomic mass is 10.2. The summed E-state index contributed by atoms with van der Waals surface area (Å²) in [6, 6.07) is 3.69. The van der Waals surface area contributed by atoms with Gasteiger partial charge in [0.05, 0.1) is 7.11 Å². The Bertz CT molecular complexity index is 488. The van der Waals surface area contributed by atoms with Crippen molar-refractivity contribution in [3.8, 4) is 0 Å². The van der Waals surface area contributed by atoms with Crippen LogP contribution in [0.4, 0.5) is 0 Å². The van der Waals surface area contributed by atoms with E-state index in [1.165, 1.54) is 7.11 Å². The molecule has 0 aliphatic heterocycles. The van der Waals surface area contributed by atoms with Crippen LogP contribution in [0.3, 0.4) is 0 Å². The van der Waals surface area contributed by atoms with Crippen molar-refractivity contribution in [1.82, 2.24) is 9.38 Å². The van der Waals surface area contributed by atoms with E-state index < -0.39 is 0 Å². The molecule has 2 heterocycles. The molecule has 0 fully saturated rings. The van der Waals surface area contributed by atoms with Crippen LogP contribution in [-0.2, 0) is 4.74 Å². The molecule has 2 aromatic rings. The number of carbonyl (C=O) groups is 1. The van der Waals surface area contributed by atoms with E-state index in [4.69, 9.17) is 0 Å². The normalized spacial score (nSPS) is 10.4. The molecule has 0 saturated carbocycles. The fraction of sp³-hybridized carbons (Fsp3) is 0.200. The lowest BCUT2D eigenvalue weighted by Gasteiger charge is -2.04. The van der Waals surface area contributed by atoms with E-state index in [1.54, 1.807) is 22.9 Å². The molecular weight excluding hydrogens is 180 g/mol. The number of aryl methyl sites for hydroxylation is 1. The Balaban J connectivity index is 2.72. The van der Waals surface area contributed by atoms with Crippen LogP contribution in [0, 0.1) is 6.92 Å². The Morgan fingerprint density at radius 1 is 1.50 bits per heavy atom. The lowest BCUT2D eigenvalue weighted by molar-refractivity contribution is 0.0592. The fourth-order valence-electron chi connectivity index (χ4n) is 1.42. The first-order valence-corrected chi connectivity index (χ1v) is 4.24. The van der Waals surface area contributed by atoms with Gasteiger partial charge in [0, 0.05) is 12.4 Å². The molecule has 0 aliphatic rings. The summed E-state index contributed by atoms with van der Waals surface area (Å²) in [6.07, 6.45) is 3.39. The van der Waals surface area contributed by atoms with Gasteiger partial charge in [-0.3, -0.25) is 4.40 Å². The van der Waals surface area contributed by atoms with Crippen LogP contribution in [0.2, 0.25) is 0 Å². The van der Waals surface area contributed by atoms with Crippen LogP contribution < -0.4 is 0 Å². The van der Waals surface area contributed by atoms with E-state index in [0.717, 1.165) is 11.2 Å². The summed E-state index contributed by atoms with van der Waals surface area (Å²) < 4.78 is 6.39. The maximum absolute atomic E-state index is 11.4. The van der Waals surface area contributed by atoms with Crippen LogP contribution in [-0.4, -0.2) is 22.5 Å². The third-order valence-electron chi connectivity index (χ3n) is 2.04. The smallest absolute Gasteiger partial charge is 0.355 e. The van der Waals surface area contributed by atoms with Crippen molar-refractivity contribution in [2.45, 2.75) is 6.92 Å². The largest absolute Gasteiger partial charge is 0.464 e. The number of pyridine rings is 1. The van der Waals surface area contributed by atoms with E-state index in [2.05, 4.69) is 9.72 Å². The quantitative estimate of drug-likeness (QED) is 0.639. The Morgan fingerprint density at radius 2 is 2.29 bits per heavy atom.